The normalized spacial score (nSPS) is 12.4. The fourth-order valence-corrected chi connectivity index (χ4v) is 1.37. The third kappa shape index (κ3) is 3.98. The molecule has 0 aromatic carbocycles. The van der Waals surface area contributed by atoms with Gasteiger partial charge in [0, 0.05) is 0 Å². The molecule has 0 atom stereocenters. The quantitative estimate of drug-likeness (QED) is 0.487. The molecule has 0 radical (unpaired) electrons. The van der Waals surface area contributed by atoms with Gasteiger partial charge < -0.3 is 4.74 Å². The van der Waals surface area contributed by atoms with Gasteiger partial charge in [-0.1, -0.05) is 0 Å². The first-order valence-corrected chi connectivity index (χ1v) is 5.00. The molecule has 0 saturated heterocycles. The summed E-state index contributed by atoms with van der Waals surface area (Å²) in [7, 11) is 0. The molecular formula is C9H4ClF6NO2. The first-order valence-electron chi connectivity index (χ1n) is 4.46. The van der Waals surface area contributed by atoms with Gasteiger partial charge in [0.15, 0.2) is 12.0 Å². The van der Waals surface area contributed by atoms with E-state index in [4.69, 9.17) is 11.6 Å². The Morgan fingerprint density at radius 3 is 2.21 bits per heavy atom. The Bertz CT molecular complexity index is 485. The van der Waals surface area contributed by atoms with Crippen molar-refractivity contribution >= 4 is 17.9 Å². The number of pyridine rings is 1. The molecule has 1 aromatic rings. The molecule has 0 aliphatic rings. The number of ether oxygens (including phenoxy) is 1. The molecule has 106 valence electrons. The van der Waals surface area contributed by atoms with Crippen LogP contribution in [0.25, 0.3) is 0 Å². The fourth-order valence-electron chi connectivity index (χ4n) is 1.17. The highest BCUT2D eigenvalue weighted by atomic mass is 35.5. The number of halogens is 7. The van der Waals surface area contributed by atoms with Crippen LogP contribution < -0.4 is 4.74 Å². The minimum absolute atomic E-state index is 0.0436. The minimum atomic E-state index is -5.20. The second-order valence-corrected chi connectivity index (χ2v) is 3.43. The summed E-state index contributed by atoms with van der Waals surface area (Å²) in [4.78, 5) is 13.6. The summed E-state index contributed by atoms with van der Waals surface area (Å²) < 4.78 is 77.0. The Morgan fingerprint density at radius 2 is 1.84 bits per heavy atom. The predicted octanol–water partition coefficient (Wildman–Crippen LogP) is 3.55. The molecule has 3 nitrogen and oxygen atoms in total. The topological polar surface area (TPSA) is 39.2 Å². The fraction of sp³-hybridized carbons (Fsp3) is 0.333. The molecule has 0 bridgehead atoms. The van der Waals surface area contributed by atoms with Crippen LogP contribution in [0.5, 0.6) is 5.75 Å². The van der Waals surface area contributed by atoms with Gasteiger partial charge in [-0.2, -0.15) is 13.2 Å². The summed E-state index contributed by atoms with van der Waals surface area (Å²) in [5, 5.41) is 0. The molecule has 19 heavy (non-hydrogen) atoms. The van der Waals surface area contributed by atoms with Crippen LogP contribution in [0.1, 0.15) is 21.7 Å². The average molecular weight is 308 g/mol. The van der Waals surface area contributed by atoms with E-state index in [1.165, 1.54) is 0 Å². The summed E-state index contributed by atoms with van der Waals surface area (Å²) in [5.74, 6) is -1.84. The molecule has 0 spiro atoms. The summed E-state index contributed by atoms with van der Waals surface area (Å²) in [6, 6.07) is 0.0436. The van der Waals surface area contributed by atoms with Gasteiger partial charge in [0.25, 0.3) is 0 Å². The molecule has 0 saturated carbocycles. The van der Waals surface area contributed by atoms with Gasteiger partial charge >= 0.3 is 12.5 Å². The van der Waals surface area contributed by atoms with Gasteiger partial charge in [-0.15, -0.1) is 24.8 Å². The van der Waals surface area contributed by atoms with Crippen molar-refractivity contribution in [3.05, 3.63) is 23.0 Å². The maximum Gasteiger partial charge on any atom is 0.573 e. The van der Waals surface area contributed by atoms with E-state index >= 15 is 0 Å². The highest BCUT2D eigenvalue weighted by molar-refractivity contribution is 6.17. The lowest BCUT2D eigenvalue weighted by Gasteiger charge is -2.15. The number of aldehydes is 1. The molecule has 1 aromatic heterocycles. The zero-order chi connectivity index (χ0) is 14.8. The van der Waals surface area contributed by atoms with Crippen molar-refractivity contribution in [1.82, 2.24) is 4.98 Å². The monoisotopic (exact) mass is 307 g/mol. The molecule has 0 N–H and O–H groups in total. The lowest BCUT2D eigenvalue weighted by molar-refractivity contribution is -0.275. The Morgan fingerprint density at radius 1 is 1.26 bits per heavy atom. The minimum Gasteiger partial charge on any atom is -0.404 e. The SMILES string of the molecule is O=Cc1nc(CCl)c(OC(F)(F)F)cc1C(F)(F)F. The molecular weight excluding hydrogens is 304 g/mol. The summed E-state index contributed by atoms with van der Waals surface area (Å²) in [5.41, 5.74) is -3.30. The van der Waals surface area contributed by atoms with E-state index in [0.717, 1.165) is 0 Å². The van der Waals surface area contributed by atoms with E-state index in [1.54, 1.807) is 0 Å². The Labute approximate surface area is 107 Å². The molecule has 10 heteroatoms. The molecule has 1 rings (SSSR count). The Kier molecular flexibility index (Phi) is 4.28. The number of rotatable bonds is 3. The third-order valence-electron chi connectivity index (χ3n) is 1.86. The van der Waals surface area contributed by atoms with Gasteiger partial charge in [0.1, 0.15) is 5.69 Å². The summed E-state index contributed by atoms with van der Waals surface area (Å²) >= 11 is 5.25. The van der Waals surface area contributed by atoms with E-state index in [9.17, 15) is 31.1 Å². The van der Waals surface area contributed by atoms with Crippen molar-refractivity contribution in [3.8, 4) is 5.75 Å². The first kappa shape index (κ1) is 15.5. The first-order chi connectivity index (χ1) is 8.58. The summed E-state index contributed by atoms with van der Waals surface area (Å²) in [6.07, 6.45) is -10.5. The smallest absolute Gasteiger partial charge is 0.404 e. The number of aromatic nitrogens is 1. The highest BCUT2D eigenvalue weighted by Crippen LogP contribution is 2.36. The largest absolute Gasteiger partial charge is 0.573 e. The van der Waals surface area contributed by atoms with Gasteiger partial charge in [0.05, 0.1) is 17.1 Å². The number of nitrogens with zero attached hydrogens (tertiary/aromatic N) is 1. The summed E-state index contributed by atoms with van der Waals surface area (Å²) in [6.45, 7) is 0. The lowest BCUT2D eigenvalue weighted by Crippen LogP contribution is -2.20. The maximum atomic E-state index is 12.5. The van der Waals surface area contributed by atoms with Gasteiger partial charge in [-0.05, 0) is 6.07 Å². The molecule has 1 heterocycles. The van der Waals surface area contributed by atoms with E-state index in [1.807, 2.05) is 0 Å². The highest BCUT2D eigenvalue weighted by Gasteiger charge is 2.38. The van der Waals surface area contributed by atoms with Crippen molar-refractivity contribution in [2.75, 3.05) is 0 Å². The second-order valence-electron chi connectivity index (χ2n) is 3.16. The van der Waals surface area contributed by atoms with Crippen LogP contribution in [0.2, 0.25) is 0 Å². The molecule has 0 amide bonds. The molecule has 0 aliphatic carbocycles. The van der Waals surface area contributed by atoms with Crippen LogP contribution >= 0.6 is 11.6 Å². The number of hydrogen-bond donors (Lipinski definition) is 0. The molecule has 0 fully saturated rings. The molecule has 0 unspecified atom stereocenters. The standard InChI is InChI=1S/C9H4ClF6NO2/c10-2-5-7(19-9(14,15)16)1-4(8(11,12)13)6(3-18)17-5/h1,3H,2H2. The van der Waals surface area contributed by atoms with Crippen molar-refractivity contribution in [2.24, 2.45) is 0 Å². The van der Waals surface area contributed by atoms with Gasteiger partial charge in [-0.25, -0.2) is 4.98 Å². The second kappa shape index (κ2) is 5.24. The van der Waals surface area contributed by atoms with E-state index < -0.39 is 41.1 Å². The lowest BCUT2D eigenvalue weighted by atomic mass is 10.1. The van der Waals surface area contributed by atoms with Crippen LogP contribution in [0, 0.1) is 0 Å². The average Bonchev–Trinajstić information content (AvgIpc) is 2.25. The van der Waals surface area contributed by atoms with Crippen molar-refractivity contribution in [3.63, 3.8) is 0 Å². The zero-order valence-corrected chi connectivity index (χ0v) is 9.53. The van der Waals surface area contributed by atoms with E-state index in [2.05, 4.69) is 9.72 Å². The van der Waals surface area contributed by atoms with E-state index in [0.29, 0.717) is 0 Å². The van der Waals surface area contributed by atoms with Crippen molar-refractivity contribution in [2.45, 2.75) is 18.4 Å². The number of alkyl halides is 7. The third-order valence-corrected chi connectivity index (χ3v) is 2.11. The van der Waals surface area contributed by atoms with Crippen molar-refractivity contribution < 1.29 is 35.9 Å². The Balaban J connectivity index is 3.42. The number of hydrogen-bond acceptors (Lipinski definition) is 3. The van der Waals surface area contributed by atoms with Crippen LogP contribution in [0.3, 0.4) is 0 Å². The van der Waals surface area contributed by atoms with Crippen LogP contribution in [-0.4, -0.2) is 17.6 Å². The number of carbonyl (C=O) groups is 1. The van der Waals surface area contributed by atoms with Crippen LogP contribution in [0.4, 0.5) is 26.3 Å². The van der Waals surface area contributed by atoms with E-state index in [-0.39, 0.29) is 12.4 Å². The molecule has 0 aliphatic heterocycles. The zero-order valence-electron chi connectivity index (χ0n) is 8.77. The number of carbonyl (C=O) groups excluding carboxylic acids is 1. The van der Waals surface area contributed by atoms with Crippen LogP contribution in [-0.2, 0) is 12.1 Å². The van der Waals surface area contributed by atoms with Crippen LogP contribution in [0.15, 0.2) is 6.07 Å². The predicted molar refractivity (Wildman–Crippen MR) is 50.9 cm³/mol. The maximum absolute atomic E-state index is 12.5. The van der Waals surface area contributed by atoms with Gasteiger partial charge in [-0.3, -0.25) is 4.79 Å². The van der Waals surface area contributed by atoms with Crippen molar-refractivity contribution in [1.29, 1.82) is 0 Å². The Hall–Kier alpha value is -1.51. The van der Waals surface area contributed by atoms with Gasteiger partial charge in [0.2, 0.25) is 0 Å².